The Morgan fingerprint density at radius 1 is 0.772 bits per heavy atom. The van der Waals surface area contributed by atoms with Gasteiger partial charge in [-0.1, -0.05) is 140 Å². The van der Waals surface area contributed by atoms with E-state index in [-0.39, 0.29) is 0 Å². The van der Waals surface area contributed by atoms with Crippen LogP contribution < -0.4 is 0 Å². The Hall–Kier alpha value is -4.95. The van der Waals surface area contributed by atoms with Gasteiger partial charge in [0.05, 0.1) is 57.6 Å². The Bertz CT molecular complexity index is 1860. The van der Waals surface area contributed by atoms with Crippen LogP contribution in [0.1, 0.15) is 48.1 Å². The molecule has 0 aliphatic heterocycles. The number of aliphatic hydroxyl groups is 1. The third kappa shape index (κ3) is 12.0. The zero-order chi connectivity index (χ0) is 40.1. The fourth-order valence-corrected chi connectivity index (χ4v) is 7.51. The fourth-order valence-electron chi connectivity index (χ4n) is 6.34. The van der Waals surface area contributed by atoms with E-state index >= 15 is 0 Å². The summed E-state index contributed by atoms with van der Waals surface area (Å²) < 4.78 is 21.4. The number of aromatic nitrogens is 4. The highest BCUT2D eigenvalue weighted by atomic mass is 32.2. The number of aliphatic hydroxyl groups excluding tert-OH is 1. The standard InChI is InChI=1S/C45H52N4O7S/c1-3-40(44(51)52)57-41(26-15-4-5-16-27-54-30-31-56-33-32-55-29-28-53-2)42(50)35-18-17-19-36(34-35)43-46-48-49(47-43)45(37-20-9-6-10-21-37,38-22-11-7-12-23-38)39-24-13-8-14-25-39/h4-15,17-26,34,40-42,50H,3,16,27-33H2,1-2H3,(H,51,52)/b5-4-,26-15+/t40?,41-,42+/m1/s1. The summed E-state index contributed by atoms with van der Waals surface area (Å²) in [5, 5.41) is 34.7. The molecule has 4 aromatic carbocycles. The number of allylic oxidation sites excluding steroid dienone is 2. The third-order valence-electron chi connectivity index (χ3n) is 9.21. The van der Waals surface area contributed by atoms with Crippen molar-refractivity contribution in [1.82, 2.24) is 20.2 Å². The van der Waals surface area contributed by atoms with E-state index < -0.39 is 28.1 Å². The highest BCUT2D eigenvalue weighted by molar-refractivity contribution is 8.01. The van der Waals surface area contributed by atoms with Crippen LogP contribution in [0, 0.1) is 0 Å². The molecule has 3 atom stereocenters. The van der Waals surface area contributed by atoms with Crippen LogP contribution in [0.3, 0.4) is 0 Å². The molecule has 0 spiro atoms. The maximum absolute atomic E-state index is 12.1. The molecule has 1 aromatic heterocycles. The highest BCUT2D eigenvalue weighted by Gasteiger charge is 2.41. The fraction of sp³-hybridized carbons (Fsp3) is 0.333. The molecule has 0 bridgehead atoms. The normalized spacial score (nSPS) is 13.6. The van der Waals surface area contributed by atoms with Crippen LogP contribution in [0.2, 0.25) is 0 Å². The lowest BCUT2D eigenvalue weighted by atomic mass is 9.77. The van der Waals surface area contributed by atoms with Crippen molar-refractivity contribution >= 4 is 17.7 Å². The van der Waals surface area contributed by atoms with Gasteiger partial charge in [0.15, 0.2) is 5.54 Å². The Labute approximate surface area is 339 Å². The molecular formula is C45H52N4O7S. The van der Waals surface area contributed by atoms with Gasteiger partial charge in [-0.2, -0.15) is 0 Å². The number of hydrogen-bond donors (Lipinski definition) is 2. The van der Waals surface area contributed by atoms with Crippen LogP contribution in [0.5, 0.6) is 0 Å². The minimum Gasteiger partial charge on any atom is -0.480 e. The molecule has 2 N–H and O–H groups in total. The average Bonchev–Trinajstić information content (AvgIpc) is 3.75. The quantitative estimate of drug-likeness (QED) is 0.0348. The molecule has 0 aliphatic carbocycles. The van der Waals surface area contributed by atoms with Gasteiger partial charge in [0.25, 0.3) is 0 Å². The van der Waals surface area contributed by atoms with E-state index in [1.807, 2.05) is 110 Å². The van der Waals surface area contributed by atoms with Crippen LogP contribution in [0.15, 0.2) is 140 Å². The second-order valence-electron chi connectivity index (χ2n) is 13.0. The number of methoxy groups -OCH3 is 1. The van der Waals surface area contributed by atoms with Crippen molar-refractivity contribution in [2.75, 3.05) is 53.4 Å². The summed E-state index contributed by atoms with van der Waals surface area (Å²) in [5.74, 6) is -0.534. The molecular weight excluding hydrogens is 741 g/mol. The van der Waals surface area contributed by atoms with Gasteiger partial charge in [-0.25, -0.2) is 0 Å². The van der Waals surface area contributed by atoms with Gasteiger partial charge in [0.2, 0.25) is 5.82 Å². The second kappa shape index (κ2) is 23.3. The molecule has 12 heteroatoms. The van der Waals surface area contributed by atoms with Crippen molar-refractivity contribution in [3.05, 3.63) is 162 Å². The van der Waals surface area contributed by atoms with Gasteiger partial charge in [-0.15, -0.1) is 26.8 Å². The highest BCUT2D eigenvalue weighted by Crippen LogP contribution is 2.40. The SMILES string of the molecule is CCC(S[C@H](/C=C/C=C\CCOCCOCCOCCOC)[C@@H](O)c1cccc(-c2nnn(C(c3ccccc3)(c3ccccc3)c3ccccc3)n2)c1)C(=O)O. The molecule has 0 fully saturated rings. The van der Waals surface area contributed by atoms with E-state index in [4.69, 9.17) is 24.0 Å². The van der Waals surface area contributed by atoms with Crippen molar-refractivity contribution < 1.29 is 34.0 Å². The minimum atomic E-state index is -1.02. The molecule has 0 saturated carbocycles. The number of tetrazole rings is 1. The van der Waals surface area contributed by atoms with E-state index in [0.29, 0.717) is 76.0 Å². The van der Waals surface area contributed by atoms with Gasteiger partial charge in [0, 0.05) is 12.7 Å². The first kappa shape index (κ1) is 43.2. The number of aliphatic carboxylic acids is 1. The van der Waals surface area contributed by atoms with Gasteiger partial charge < -0.3 is 29.2 Å². The molecule has 0 radical (unpaired) electrons. The number of hydrogen-bond acceptors (Lipinski definition) is 10. The molecule has 57 heavy (non-hydrogen) atoms. The van der Waals surface area contributed by atoms with Crippen LogP contribution in [-0.2, 0) is 29.3 Å². The Balaban J connectivity index is 1.31. The summed E-state index contributed by atoms with van der Waals surface area (Å²) in [6.07, 6.45) is 7.62. The summed E-state index contributed by atoms with van der Waals surface area (Å²) in [4.78, 5) is 13.7. The average molecular weight is 793 g/mol. The second-order valence-corrected chi connectivity index (χ2v) is 14.4. The Morgan fingerprint density at radius 3 is 1.88 bits per heavy atom. The predicted octanol–water partition coefficient (Wildman–Crippen LogP) is 7.38. The Kier molecular flexibility index (Phi) is 17.7. The summed E-state index contributed by atoms with van der Waals surface area (Å²) in [6.45, 7) is 5.47. The van der Waals surface area contributed by atoms with Crippen molar-refractivity contribution in [1.29, 1.82) is 0 Å². The van der Waals surface area contributed by atoms with E-state index in [0.717, 1.165) is 16.7 Å². The molecule has 0 saturated heterocycles. The predicted molar refractivity (Wildman–Crippen MR) is 223 cm³/mol. The van der Waals surface area contributed by atoms with Gasteiger partial charge in [-0.3, -0.25) is 4.79 Å². The van der Waals surface area contributed by atoms with Crippen LogP contribution >= 0.6 is 11.8 Å². The number of carboxylic acid groups (broad SMARTS) is 1. The molecule has 0 amide bonds. The number of thioether (sulfide) groups is 1. The minimum absolute atomic E-state index is 0.386. The van der Waals surface area contributed by atoms with Crippen LogP contribution in [-0.4, -0.2) is 100 Å². The summed E-state index contributed by atoms with van der Waals surface area (Å²) in [5.41, 5.74) is 3.24. The number of carbonyl (C=O) groups is 1. The van der Waals surface area contributed by atoms with Gasteiger partial charge in [0.1, 0.15) is 5.25 Å². The zero-order valence-corrected chi connectivity index (χ0v) is 33.3. The lowest BCUT2D eigenvalue weighted by Crippen LogP contribution is -2.39. The number of benzene rings is 4. The van der Waals surface area contributed by atoms with E-state index in [1.54, 1.807) is 11.9 Å². The van der Waals surface area contributed by atoms with Crippen LogP contribution in [0.25, 0.3) is 11.4 Å². The van der Waals surface area contributed by atoms with Gasteiger partial charge in [-0.05, 0) is 46.4 Å². The third-order valence-corrected chi connectivity index (χ3v) is 10.8. The van der Waals surface area contributed by atoms with Crippen molar-refractivity contribution in [3.8, 4) is 11.4 Å². The largest absolute Gasteiger partial charge is 0.480 e. The molecule has 1 unspecified atom stereocenters. The van der Waals surface area contributed by atoms with Gasteiger partial charge >= 0.3 is 5.97 Å². The molecule has 5 aromatic rings. The van der Waals surface area contributed by atoms with E-state index in [2.05, 4.69) is 46.7 Å². The summed E-state index contributed by atoms with van der Waals surface area (Å²) >= 11 is 1.22. The summed E-state index contributed by atoms with van der Waals surface area (Å²) in [7, 11) is 1.64. The first-order valence-electron chi connectivity index (χ1n) is 19.2. The van der Waals surface area contributed by atoms with Crippen molar-refractivity contribution in [2.24, 2.45) is 0 Å². The summed E-state index contributed by atoms with van der Waals surface area (Å²) in [6, 6.07) is 37.8. The lowest BCUT2D eigenvalue weighted by molar-refractivity contribution is -0.136. The number of rotatable bonds is 25. The van der Waals surface area contributed by atoms with E-state index in [1.165, 1.54) is 11.8 Å². The molecule has 11 nitrogen and oxygen atoms in total. The van der Waals surface area contributed by atoms with E-state index in [9.17, 15) is 15.0 Å². The maximum Gasteiger partial charge on any atom is 0.316 e. The topological polar surface area (TPSA) is 138 Å². The number of carboxylic acids is 1. The lowest BCUT2D eigenvalue weighted by Gasteiger charge is -2.34. The monoisotopic (exact) mass is 792 g/mol. The zero-order valence-electron chi connectivity index (χ0n) is 32.5. The molecule has 300 valence electrons. The number of ether oxygens (including phenoxy) is 4. The maximum atomic E-state index is 12.1. The smallest absolute Gasteiger partial charge is 0.316 e. The molecule has 1 heterocycles. The first-order chi connectivity index (χ1) is 28.0. The van der Waals surface area contributed by atoms with Crippen LogP contribution in [0.4, 0.5) is 0 Å². The number of nitrogens with zero attached hydrogens (tertiary/aromatic N) is 4. The Morgan fingerprint density at radius 2 is 1.33 bits per heavy atom. The molecule has 0 aliphatic rings. The first-order valence-corrected chi connectivity index (χ1v) is 20.1. The van der Waals surface area contributed by atoms with Crippen molar-refractivity contribution in [2.45, 2.75) is 41.9 Å². The van der Waals surface area contributed by atoms with Crippen molar-refractivity contribution in [3.63, 3.8) is 0 Å². The molecule has 5 rings (SSSR count).